The molecule has 1 saturated heterocycles. The van der Waals surface area contributed by atoms with Crippen LogP contribution in [0.5, 0.6) is 0 Å². The van der Waals surface area contributed by atoms with E-state index in [9.17, 15) is 4.79 Å². The van der Waals surface area contributed by atoms with Crippen molar-refractivity contribution in [1.29, 1.82) is 0 Å². The third kappa shape index (κ3) is 4.80. The Morgan fingerprint density at radius 2 is 1.81 bits per heavy atom. The molecule has 26 heavy (non-hydrogen) atoms. The molecule has 4 nitrogen and oxygen atoms in total. The van der Waals surface area contributed by atoms with Crippen LogP contribution in [0.3, 0.4) is 0 Å². The van der Waals surface area contributed by atoms with Crippen LogP contribution in [0.25, 0.3) is 0 Å². The molecule has 138 valence electrons. The molecule has 1 fully saturated rings. The molecule has 3 rings (SSSR count). The third-order valence-electron chi connectivity index (χ3n) is 4.90. The van der Waals surface area contributed by atoms with Crippen molar-refractivity contribution in [1.82, 2.24) is 10.2 Å². The van der Waals surface area contributed by atoms with E-state index in [1.165, 1.54) is 5.69 Å². The molecule has 1 heterocycles. The van der Waals surface area contributed by atoms with Gasteiger partial charge in [-0.25, -0.2) is 0 Å². The molecule has 2 aromatic carbocycles. The predicted molar refractivity (Wildman–Crippen MR) is 110 cm³/mol. The lowest BCUT2D eigenvalue weighted by molar-refractivity contribution is 0.0947. The fourth-order valence-corrected chi connectivity index (χ4v) is 3.70. The number of nitrogens with zero attached hydrogens (tertiary/aromatic N) is 2. The van der Waals surface area contributed by atoms with Crippen molar-refractivity contribution in [2.75, 3.05) is 50.4 Å². The van der Waals surface area contributed by atoms with E-state index >= 15 is 0 Å². The molecule has 0 unspecified atom stereocenters. The molecule has 1 aliphatic rings. The third-order valence-corrected chi connectivity index (χ3v) is 5.62. The summed E-state index contributed by atoms with van der Waals surface area (Å²) in [7, 11) is 0. The smallest absolute Gasteiger partial charge is 0.251 e. The second kappa shape index (κ2) is 9.10. The lowest BCUT2D eigenvalue weighted by Crippen LogP contribution is -2.48. The monoisotopic (exact) mass is 369 g/mol. The van der Waals surface area contributed by atoms with Crippen LogP contribution in [0.15, 0.2) is 53.4 Å². The van der Waals surface area contributed by atoms with E-state index in [1.54, 1.807) is 11.8 Å². The molecule has 0 aromatic heterocycles. The number of benzene rings is 2. The van der Waals surface area contributed by atoms with Gasteiger partial charge in [0.05, 0.1) is 0 Å². The SMILES string of the molecule is CSc1ccc(C)c(C(=O)NCCN2CCN(c3ccccc3)CC2)c1. The molecular formula is C21H27N3OS. The number of piperazine rings is 1. The Morgan fingerprint density at radius 1 is 1.08 bits per heavy atom. The number of para-hydroxylation sites is 1. The maximum absolute atomic E-state index is 12.5. The highest BCUT2D eigenvalue weighted by atomic mass is 32.2. The van der Waals surface area contributed by atoms with Gasteiger partial charge < -0.3 is 10.2 Å². The first-order valence-electron chi connectivity index (χ1n) is 9.12. The Hall–Kier alpha value is -1.98. The average Bonchev–Trinajstić information content (AvgIpc) is 2.69. The van der Waals surface area contributed by atoms with Gasteiger partial charge in [0.15, 0.2) is 0 Å². The van der Waals surface area contributed by atoms with Gasteiger partial charge in [-0.3, -0.25) is 9.69 Å². The van der Waals surface area contributed by atoms with E-state index in [0.29, 0.717) is 6.54 Å². The van der Waals surface area contributed by atoms with Crippen molar-refractivity contribution in [2.24, 2.45) is 0 Å². The van der Waals surface area contributed by atoms with Crippen LogP contribution in [0, 0.1) is 6.92 Å². The standard InChI is InChI=1S/C21H27N3OS/c1-17-8-9-19(26-2)16-20(17)21(25)22-10-11-23-12-14-24(15-13-23)18-6-4-3-5-7-18/h3-9,16H,10-15H2,1-2H3,(H,22,25). The summed E-state index contributed by atoms with van der Waals surface area (Å²) in [6, 6.07) is 16.6. The summed E-state index contributed by atoms with van der Waals surface area (Å²) in [5, 5.41) is 3.08. The number of hydrogen-bond donors (Lipinski definition) is 1. The van der Waals surface area contributed by atoms with Gasteiger partial charge in [-0.05, 0) is 43.0 Å². The van der Waals surface area contributed by atoms with Gasteiger partial charge in [0.1, 0.15) is 0 Å². The summed E-state index contributed by atoms with van der Waals surface area (Å²) in [5.41, 5.74) is 3.10. The largest absolute Gasteiger partial charge is 0.369 e. The highest BCUT2D eigenvalue weighted by molar-refractivity contribution is 7.98. The average molecular weight is 370 g/mol. The molecule has 2 aromatic rings. The van der Waals surface area contributed by atoms with Crippen molar-refractivity contribution < 1.29 is 4.79 Å². The van der Waals surface area contributed by atoms with E-state index in [2.05, 4.69) is 51.5 Å². The van der Waals surface area contributed by atoms with Gasteiger partial charge in [-0.2, -0.15) is 0 Å². The minimum atomic E-state index is 0.0290. The van der Waals surface area contributed by atoms with E-state index in [4.69, 9.17) is 0 Å². The van der Waals surface area contributed by atoms with Gasteiger partial charge in [-0.15, -0.1) is 11.8 Å². The molecule has 0 aliphatic carbocycles. The quantitative estimate of drug-likeness (QED) is 0.793. The van der Waals surface area contributed by atoms with E-state index < -0.39 is 0 Å². The van der Waals surface area contributed by atoms with Crippen LogP contribution in [0.2, 0.25) is 0 Å². The lowest BCUT2D eigenvalue weighted by atomic mass is 10.1. The first-order chi connectivity index (χ1) is 12.7. The van der Waals surface area contributed by atoms with Gasteiger partial charge in [0.2, 0.25) is 0 Å². The maximum Gasteiger partial charge on any atom is 0.251 e. The molecule has 1 amide bonds. The van der Waals surface area contributed by atoms with Crippen LogP contribution in [-0.2, 0) is 0 Å². The number of hydrogen-bond acceptors (Lipinski definition) is 4. The van der Waals surface area contributed by atoms with Crippen LogP contribution >= 0.6 is 11.8 Å². The Bertz CT molecular complexity index is 727. The Kier molecular flexibility index (Phi) is 6.58. The fourth-order valence-electron chi connectivity index (χ4n) is 3.26. The van der Waals surface area contributed by atoms with Gasteiger partial charge >= 0.3 is 0 Å². The first-order valence-corrected chi connectivity index (χ1v) is 10.3. The van der Waals surface area contributed by atoms with E-state index in [1.807, 2.05) is 25.3 Å². The normalized spacial score (nSPS) is 15.1. The zero-order chi connectivity index (χ0) is 18.4. The molecule has 0 spiro atoms. The predicted octanol–water partition coefficient (Wildman–Crippen LogP) is 3.27. The number of thioether (sulfide) groups is 1. The molecule has 0 atom stereocenters. The molecule has 0 saturated carbocycles. The number of carbonyl (C=O) groups excluding carboxylic acids is 1. The van der Waals surface area contributed by atoms with Crippen LogP contribution in [0.1, 0.15) is 15.9 Å². The van der Waals surface area contributed by atoms with Crippen LogP contribution < -0.4 is 10.2 Å². The van der Waals surface area contributed by atoms with Gasteiger partial charge in [0, 0.05) is 55.4 Å². The molecule has 1 aliphatic heterocycles. The second-order valence-corrected chi connectivity index (χ2v) is 7.48. The van der Waals surface area contributed by atoms with Crippen molar-refractivity contribution in [3.8, 4) is 0 Å². The Labute approximate surface area is 160 Å². The zero-order valence-electron chi connectivity index (χ0n) is 15.6. The first kappa shape index (κ1) is 18.8. The summed E-state index contributed by atoms with van der Waals surface area (Å²) < 4.78 is 0. The minimum absolute atomic E-state index is 0.0290. The van der Waals surface area contributed by atoms with Crippen molar-refractivity contribution in [3.05, 3.63) is 59.7 Å². The van der Waals surface area contributed by atoms with Crippen molar-refractivity contribution in [2.45, 2.75) is 11.8 Å². The van der Waals surface area contributed by atoms with Crippen LogP contribution in [-0.4, -0.2) is 56.3 Å². The van der Waals surface area contributed by atoms with E-state index in [0.717, 1.165) is 48.7 Å². The number of anilines is 1. The number of rotatable bonds is 6. The highest BCUT2D eigenvalue weighted by Crippen LogP contribution is 2.19. The summed E-state index contributed by atoms with van der Waals surface area (Å²) in [5.74, 6) is 0.0290. The lowest BCUT2D eigenvalue weighted by Gasteiger charge is -2.36. The molecule has 0 bridgehead atoms. The molecule has 0 radical (unpaired) electrons. The minimum Gasteiger partial charge on any atom is -0.369 e. The Balaban J connectivity index is 1.44. The number of carbonyl (C=O) groups is 1. The van der Waals surface area contributed by atoms with Crippen molar-refractivity contribution >= 4 is 23.4 Å². The molecule has 5 heteroatoms. The topological polar surface area (TPSA) is 35.6 Å². The molecule has 1 N–H and O–H groups in total. The summed E-state index contributed by atoms with van der Waals surface area (Å²) in [6.45, 7) is 7.71. The summed E-state index contributed by atoms with van der Waals surface area (Å²) >= 11 is 1.66. The van der Waals surface area contributed by atoms with Crippen LogP contribution in [0.4, 0.5) is 5.69 Å². The second-order valence-electron chi connectivity index (χ2n) is 6.60. The Morgan fingerprint density at radius 3 is 2.50 bits per heavy atom. The number of aryl methyl sites for hydroxylation is 1. The van der Waals surface area contributed by atoms with E-state index in [-0.39, 0.29) is 5.91 Å². The maximum atomic E-state index is 12.5. The van der Waals surface area contributed by atoms with Gasteiger partial charge in [0.25, 0.3) is 5.91 Å². The summed E-state index contributed by atoms with van der Waals surface area (Å²) in [4.78, 5) is 18.4. The number of nitrogens with one attached hydrogen (secondary N) is 1. The van der Waals surface area contributed by atoms with Gasteiger partial charge in [-0.1, -0.05) is 24.3 Å². The fraction of sp³-hybridized carbons (Fsp3) is 0.381. The van der Waals surface area contributed by atoms with Crippen molar-refractivity contribution in [3.63, 3.8) is 0 Å². The number of amides is 1. The summed E-state index contributed by atoms with van der Waals surface area (Å²) in [6.07, 6.45) is 2.03. The zero-order valence-corrected chi connectivity index (χ0v) is 16.4. The highest BCUT2D eigenvalue weighted by Gasteiger charge is 2.17. The molecular weight excluding hydrogens is 342 g/mol.